The molecule has 2 amide bonds. The van der Waals surface area contributed by atoms with E-state index in [0.717, 1.165) is 33.9 Å². The first-order valence-corrected chi connectivity index (χ1v) is 11.9. The van der Waals surface area contributed by atoms with Crippen LogP contribution in [0.1, 0.15) is 31.8 Å². The average molecular weight is 562 g/mol. The number of fused-ring (bicyclic) bond motifs is 1. The Labute approximate surface area is 222 Å². The first kappa shape index (κ1) is 27.0. The van der Waals surface area contributed by atoms with Crippen molar-refractivity contribution in [2.75, 3.05) is 18.8 Å². The average Bonchev–Trinajstić information content (AvgIpc) is 3.47. The lowest BCUT2D eigenvalue weighted by Crippen LogP contribution is -2.42. The van der Waals surface area contributed by atoms with Gasteiger partial charge in [-0.25, -0.2) is 22.7 Å². The molecule has 3 heterocycles. The van der Waals surface area contributed by atoms with Gasteiger partial charge in [-0.15, -0.1) is 0 Å². The molecule has 0 bridgehead atoms. The largest absolute Gasteiger partial charge is 0.418 e. The highest BCUT2D eigenvalue weighted by Crippen LogP contribution is 2.39. The number of carbonyl (C=O) groups excluding carboxylic acids is 2. The number of benzene rings is 2. The maximum Gasteiger partial charge on any atom is 0.418 e. The molecule has 3 N–H and O–H groups in total. The standard InChI is InChI=1S/C26H20F6N6O2/c1-12-15(24(39)36-20-10-37(9-19(20)29)25(40)14-4-2-3-5-17(14)27)6-13(7-18(12)28)21-8-16(26(30,31)32)22-23(33)34-11-35-38(21)22/h2-8,11,19-20H,9-10H2,1H3,(H,36,39)(H2,33,34,35)/t19-,20+/m0/s1. The minimum absolute atomic E-state index is 0.128. The molecule has 208 valence electrons. The number of rotatable bonds is 4. The van der Waals surface area contributed by atoms with Crippen LogP contribution in [0.2, 0.25) is 0 Å². The van der Waals surface area contributed by atoms with Crippen LogP contribution in [0.3, 0.4) is 0 Å². The van der Waals surface area contributed by atoms with Crippen molar-refractivity contribution in [2.24, 2.45) is 0 Å². The number of hydrogen-bond donors (Lipinski definition) is 2. The van der Waals surface area contributed by atoms with E-state index in [1.807, 2.05) is 0 Å². The fourth-order valence-corrected chi connectivity index (χ4v) is 4.67. The van der Waals surface area contributed by atoms with Crippen LogP contribution in [0.15, 0.2) is 48.8 Å². The number of nitrogens with zero attached hydrogens (tertiary/aromatic N) is 4. The summed E-state index contributed by atoms with van der Waals surface area (Å²) in [7, 11) is 0. The van der Waals surface area contributed by atoms with Crippen molar-refractivity contribution < 1.29 is 35.9 Å². The monoisotopic (exact) mass is 562 g/mol. The molecule has 1 saturated heterocycles. The van der Waals surface area contributed by atoms with Gasteiger partial charge >= 0.3 is 6.18 Å². The van der Waals surface area contributed by atoms with Gasteiger partial charge in [0.15, 0.2) is 5.82 Å². The molecule has 4 aromatic rings. The van der Waals surface area contributed by atoms with Gasteiger partial charge in [0.1, 0.15) is 29.7 Å². The maximum absolute atomic E-state index is 15.0. The lowest BCUT2D eigenvalue weighted by atomic mass is 10.0. The van der Waals surface area contributed by atoms with Gasteiger partial charge in [0.25, 0.3) is 11.8 Å². The molecule has 1 aliphatic heterocycles. The molecule has 14 heteroatoms. The van der Waals surface area contributed by atoms with Crippen molar-refractivity contribution in [3.8, 4) is 11.3 Å². The Hall–Kier alpha value is -4.62. The third-order valence-corrected chi connectivity index (χ3v) is 6.73. The number of anilines is 1. The zero-order valence-electron chi connectivity index (χ0n) is 20.6. The predicted molar refractivity (Wildman–Crippen MR) is 131 cm³/mol. The summed E-state index contributed by atoms with van der Waals surface area (Å²) in [4.78, 5) is 30.5. The molecule has 0 aliphatic carbocycles. The Morgan fingerprint density at radius 1 is 1.05 bits per heavy atom. The van der Waals surface area contributed by atoms with Crippen LogP contribution in [0.5, 0.6) is 0 Å². The second-order valence-electron chi connectivity index (χ2n) is 9.26. The van der Waals surface area contributed by atoms with E-state index in [9.17, 15) is 35.9 Å². The van der Waals surface area contributed by atoms with Gasteiger partial charge in [0, 0.05) is 17.7 Å². The second kappa shape index (κ2) is 9.84. The molecular weight excluding hydrogens is 542 g/mol. The predicted octanol–water partition coefficient (Wildman–Crippen LogP) is 4.18. The lowest BCUT2D eigenvalue weighted by Gasteiger charge is -2.18. The van der Waals surface area contributed by atoms with E-state index < -0.39 is 65.3 Å². The highest BCUT2D eigenvalue weighted by Gasteiger charge is 2.39. The summed E-state index contributed by atoms with van der Waals surface area (Å²) in [6.45, 7) is 0.583. The van der Waals surface area contributed by atoms with E-state index >= 15 is 0 Å². The highest BCUT2D eigenvalue weighted by molar-refractivity contribution is 5.98. The van der Waals surface area contributed by atoms with Crippen molar-refractivity contribution in [1.29, 1.82) is 0 Å². The molecule has 2 aromatic carbocycles. The second-order valence-corrected chi connectivity index (χ2v) is 9.26. The lowest BCUT2D eigenvalue weighted by molar-refractivity contribution is -0.136. The van der Waals surface area contributed by atoms with Gasteiger partial charge in [0.05, 0.1) is 29.4 Å². The van der Waals surface area contributed by atoms with E-state index in [1.165, 1.54) is 25.1 Å². The van der Waals surface area contributed by atoms with Gasteiger partial charge < -0.3 is 16.0 Å². The number of nitrogens with two attached hydrogens (primary N) is 1. The summed E-state index contributed by atoms with van der Waals surface area (Å²) < 4.78 is 85.8. The number of carbonyl (C=O) groups is 2. The molecule has 0 spiro atoms. The van der Waals surface area contributed by atoms with Gasteiger partial charge in [-0.1, -0.05) is 12.1 Å². The van der Waals surface area contributed by atoms with Crippen molar-refractivity contribution in [3.63, 3.8) is 0 Å². The summed E-state index contributed by atoms with van der Waals surface area (Å²) in [6, 6.07) is 6.80. The molecule has 1 aliphatic rings. The van der Waals surface area contributed by atoms with Gasteiger partial charge in [-0.3, -0.25) is 9.59 Å². The zero-order chi connectivity index (χ0) is 28.9. The highest BCUT2D eigenvalue weighted by atomic mass is 19.4. The summed E-state index contributed by atoms with van der Waals surface area (Å²) >= 11 is 0. The van der Waals surface area contributed by atoms with Crippen LogP contribution >= 0.6 is 0 Å². The molecule has 0 radical (unpaired) electrons. The number of hydrogen-bond acceptors (Lipinski definition) is 5. The molecule has 2 atom stereocenters. The van der Waals surface area contributed by atoms with Crippen molar-refractivity contribution in [1.82, 2.24) is 24.8 Å². The molecule has 8 nitrogen and oxygen atoms in total. The van der Waals surface area contributed by atoms with E-state index in [4.69, 9.17) is 5.73 Å². The molecule has 2 aromatic heterocycles. The molecule has 1 fully saturated rings. The van der Waals surface area contributed by atoms with Gasteiger partial charge in [-0.2, -0.15) is 18.3 Å². The van der Waals surface area contributed by atoms with Crippen LogP contribution in [-0.2, 0) is 6.18 Å². The Bertz CT molecular complexity index is 1650. The van der Waals surface area contributed by atoms with Crippen molar-refractivity contribution >= 4 is 23.1 Å². The third kappa shape index (κ3) is 4.69. The van der Waals surface area contributed by atoms with Gasteiger partial charge in [-0.05, 0) is 42.8 Å². The fraction of sp³-hybridized carbons (Fsp3) is 0.231. The van der Waals surface area contributed by atoms with Crippen molar-refractivity contribution in [3.05, 3.63) is 82.7 Å². The van der Waals surface area contributed by atoms with E-state index in [2.05, 4.69) is 15.4 Å². The van der Waals surface area contributed by atoms with Crippen LogP contribution in [0, 0.1) is 18.6 Å². The number of alkyl halides is 4. The molecule has 0 unspecified atom stereocenters. The SMILES string of the molecule is Cc1c(F)cc(-c2cc(C(F)(F)F)c3c(N)ncnn23)cc1C(=O)N[C@@H]1CN(C(=O)c2ccccc2F)C[C@@H]1F. The molecule has 5 rings (SSSR count). The normalized spacial score (nSPS) is 17.4. The first-order chi connectivity index (χ1) is 18.9. The van der Waals surface area contributed by atoms with E-state index in [-0.39, 0.29) is 34.5 Å². The van der Waals surface area contributed by atoms with Crippen LogP contribution in [0.25, 0.3) is 16.8 Å². The molecule has 40 heavy (non-hydrogen) atoms. The van der Waals surface area contributed by atoms with E-state index in [1.54, 1.807) is 0 Å². The number of halogens is 6. The van der Waals surface area contributed by atoms with Crippen LogP contribution in [0.4, 0.5) is 32.2 Å². The number of aromatic nitrogens is 3. The quantitative estimate of drug-likeness (QED) is 0.363. The number of amides is 2. The minimum Gasteiger partial charge on any atom is -0.382 e. The first-order valence-electron chi connectivity index (χ1n) is 11.9. The smallest absolute Gasteiger partial charge is 0.382 e. The van der Waals surface area contributed by atoms with Crippen LogP contribution in [-0.4, -0.2) is 56.6 Å². The number of likely N-dealkylation sites (tertiary alicyclic amines) is 1. The Balaban J connectivity index is 1.45. The topological polar surface area (TPSA) is 106 Å². The minimum atomic E-state index is -4.84. The Morgan fingerprint density at radius 3 is 2.48 bits per heavy atom. The number of nitrogens with one attached hydrogen (secondary N) is 1. The summed E-state index contributed by atoms with van der Waals surface area (Å²) in [5.41, 5.74) is 2.96. The molecular formula is C26H20F6N6O2. The third-order valence-electron chi connectivity index (χ3n) is 6.73. The maximum atomic E-state index is 15.0. The van der Waals surface area contributed by atoms with Crippen LogP contribution < -0.4 is 11.1 Å². The summed E-state index contributed by atoms with van der Waals surface area (Å²) in [5.74, 6) is -3.82. The van der Waals surface area contributed by atoms with Crippen molar-refractivity contribution in [2.45, 2.75) is 25.3 Å². The summed E-state index contributed by atoms with van der Waals surface area (Å²) in [6.07, 6.45) is -5.62. The summed E-state index contributed by atoms with van der Waals surface area (Å²) in [5, 5.41) is 6.23. The zero-order valence-corrected chi connectivity index (χ0v) is 20.6. The van der Waals surface area contributed by atoms with E-state index in [0.29, 0.717) is 6.07 Å². The van der Waals surface area contributed by atoms with Gasteiger partial charge in [0.2, 0.25) is 0 Å². The molecule has 0 saturated carbocycles. The fourth-order valence-electron chi connectivity index (χ4n) is 4.67. The number of nitrogen functional groups attached to an aromatic ring is 1. The Morgan fingerprint density at radius 2 is 1.77 bits per heavy atom. The Kier molecular flexibility index (Phi) is 6.64.